The Morgan fingerprint density at radius 1 is 1.41 bits per heavy atom. The Morgan fingerprint density at radius 2 is 2.12 bits per heavy atom. The van der Waals surface area contributed by atoms with Crippen molar-refractivity contribution in [1.29, 1.82) is 0 Å². The van der Waals surface area contributed by atoms with Crippen LogP contribution in [-0.4, -0.2) is 21.9 Å². The maximum atomic E-state index is 6.16. The molecule has 0 aliphatic heterocycles. The minimum atomic E-state index is 0.207. The van der Waals surface area contributed by atoms with E-state index in [1.807, 2.05) is 0 Å². The van der Waals surface area contributed by atoms with Crippen LogP contribution in [-0.2, 0) is 0 Å². The number of anilines is 1. The average molecular weight is 254 g/mol. The molecule has 17 heavy (non-hydrogen) atoms. The fourth-order valence-corrected chi connectivity index (χ4v) is 2.73. The van der Waals surface area contributed by atoms with E-state index in [1.165, 1.54) is 24.4 Å². The molecular formula is C12H22N4S. The normalized spacial score (nSPS) is 17.4. The van der Waals surface area contributed by atoms with Crippen LogP contribution in [0.1, 0.15) is 51.3 Å². The molecule has 1 unspecified atom stereocenters. The van der Waals surface area contributed by atoms with Gasteiger partial charge in [-0.25, -0.2) is 4.98 Å². The van der Waals surface area contributed by atoms with Crippen LogP contribution in [0, 0.1) is 5.92 Å². The minimum Gasteiger partial charge on any atom is -0.359 e. The summed E-state index contributed by atoms with van der Waals surface area (Å²) in [5.41, 5.74) is 6.16. The van der Waals surface area contributed by atoms with Gasteiger partial charge in [-0.05, 0) is 18.8 Å². The highest BCUT2D eigenvalue weighted by atomic mass is 32.1. The highest BCUT2D eigenvalue weighted by molar-refractivity contribution is 7.09. The van der Waals surface area contributed by atoms with E-state index in [0.717, 1.165) is 30.3 Å². The van der Waals surface area contributed by atoms with Gasteiger partial charge in [0, 0.05) is 30.0 Å². The van der Waals surface area contributed by atoms with Crippen LogP contribution in [0.2, 0.25) is 0 Å². The molecule has 0 bridgehead atoms. The number of rotatable bonds is 7. The molecule has 2 rings (SSSR count). The van der Waals surface area contributed by atoms with Gasteiger partial charge >= 0.3 is 0 Å². The van der Waals surface area contributed by atoms with Gasteiger partial charge < -0.3 is 11.1 Å². The zero-order valence-electron chi connectivity index (χ0n) is 10.6. The zero-order chi connectivity index (χ0) is 12.3. The van der Waals surface area contributed by atoms with Crippen molar-refractivity contribution in [3.05, 3.63) is 5.82 Å². The van der Waals surface area contributed by atoms with Gasteiger partial charge in [-0.2, -0.15) is 4.37 Å². The van der Waals surface area contributed by atoms with Crippen molar-refractivity contribution in [2.75, 3.05) is 11.9 Å². The van der Waals surface area contributed by atoms with E-state index in [2.05, 4.69) is 28.5 Å². The summed E-state index contributed by atoms with van der Waals surface area (Å²) in [7, 11) is 0. The van der Waals surface area contributed by atoms with Crippen molar-refractivity contribution in [2.24, 2.45) is 11.7 Å². The van der Waals surface area contributed by atoms with E-state index < -0.39 is 0 Å². The number of nitrogens with two attached hydrogens (primary N) is 1. The van der Waals surface area contributed by atoms with Crippen molar-refractivity contribution < 1.29 is 0 Å². The second-order valence-corrected chi connectivity index (χ2v) is 5.61. The molecule has 1 aliphatic carbocycles. The first kappa shape index (κ1) is 12.8. The van der Waals surface area contributed by atoms with E-state index in [1.54, 1.807) is 0 Å². The first-order chi connectivity index (χ1) is 8.24. The van der Waals surface area contributed by atoms with Crippen LogP contribution >= 0.6 is 11.5 Å². The highest BCUT2D eigenvalue weighted by Gasteiger charge is 2.27. The van der Waals surface area contributed by atoms with Gasteiger partial charge in [-0.3, -0.25) is 0 Å². The van der Waals surface area contributed by atoms with E-state index in [-0.39, 0.29) is 6.04 Å². The lowest BCUT2D eigenvalue weighted by molar-refractivity contribution is 0.407. The Labute approximate surface area is 107 Å². The summed E-state index contributed by atoms with van der Waals surface area (Å²) >= 11 is 1.46. The first-order valence-electron chi connectivity index (χ1n) is 6.57. The Balaban J connectivity index is 1.79. The topological polar surface area (TPSA) is 63.8 Å². The van der Waals surface area contributed by atoms with E-state index >= 15 is 0 Å². The third kappa shape index (κ3) is 3.39. The molecular weight excluding hydrogens is 232 g/mol. The molecule has 4 nitrogen and oxygen atoms in total. The third-order valence-electron chi connectivity index (χ3n) is 3.53. The van der Waals surface area contributed by atoms with Gasteiger partial charge in [-0.15, -0.1) is 0 Å². The lowest BCUT2D eigenvalue weighted by Gasteiger charge is -2.20. The summed E-state index contributed by atoms with van der Waals surface area (Å²) in [6.45, 7) is 5.19. The zero-order valence-corrected chi connectivity index (χ0v) is 11.5. The van der Waals surface area contributed by atoms with Crippen molar-refractivity contribution in [3.63, 3.8) is 0 Å². The molecule has 0 spiro atoms. The third-order valence-corrected chi connectivity index (χ3v) is 4.21. The quantitative estimate of drug-likeness (QED) is 0.785. The van der Waals surface area contributed by atoms with Crippen molar-refractivity contribution in [1.82, 2.24) is 9.36 Å². The van der Waals surface area contributed by atoms with E-state index in [4.69, 9.17) is 5.73 Å². The molecule has 96 valence electrons. The first-order valence-corrected chi connectivity index (χ1v) is 7.35. The van der Waals surface area contributed by atoms with Gasteiger partial charge in [0.15, 0.2) is 0 Å². The van der Waals surface area contributed by atoms with Crippen LogP contribution in [0.5, 0.6) is 0 Å². The van der Waals surface area contributed by atoms with Gasteiger partial charge in [-0.1, -0.05) is 26.7 Å². The SMILES string of the molecule is CCC(CC)C(N)CNc1nc(C2CC2)ns1. The fourth-order valence-electron chi connectivity index (χ4n) is 2.08. The molecule has 0 aromatic carbocycles. The molecule has 0 radical (unpaired) electrons. The summed E-state index contributed by atoms with van der Waals surface area (Å²) in [4.78, 5) is 4.50. The van der Waals surface area contributed by atoms with Gasteiger partial charge in [0.05, 0.1) is 0 Å². The summed E-state index contributed by atoms with van der Waals surface area (Å²) in [6, 6.07) is 0.207. The second-order valence-electron chi connectivity index (χ2n) is 4.85. The molecule has 5 heteroatoms. The van der Waals surface area contributed by atoms with Crippen LogP contribution in [0.15, 0.2) is 0 Å². The van der Waals surface area contributed by atoms with Crippen molar-refractivity contribution in [3.8, 4) is 0 Å². The van der Waals surface area contributed by atoms with Gasteiger partial charge in [0.1, 0.15) is 5.82 Å². The van der Waals surface area contributed by atoms with Crippen LogP contribution < -0.4 is 11.1 Å². The number of nitrogens with one attached hydrogen (secondary N) is 1. The molecule has 1 saturated carbocycles. The summed E-state index contributed by atoms with van der Waals surface area (Å²) in [5.74, 6) is 2.25. The maximum Gasteiger partial charge on any atom is 0.202 e. The Bertz CT molecular complexity index is 344. The summed E-state index contributed by atoms with van der Waals surface area (Å²) < 4.78 is 4.37. The molecule has 1 aromatic rings. The van der Waals surface area contributed by atoms with E-state index in [9.17, 15) is 0 Å². The Hall–Kier alpha value is -0.680. The molecule has 0 saturated heterocycles. The number of hydrogen-bond donors (Lipinski definition) is 2. The number of hydrogen-bond acceptors (Lipinski definition) is 5. The fraction of sp³-hybridized carbons (Fsp3) is 0.833. The Kier molecular flexibility index (Phi) is 4.34. The standard InChI is InChI=1S/C12H22N4S/c1-3-8(4-2)10(13)7-14-12-15-11(16-17-12)9-5-6-9/h8-10H,3-7,13H2,1-2H3,(H,14,15,16). The van der Waals surface area contributed by atoms with Crippen molar-refractivity contribution >= 4 is 16.7 Å². The smallest absolute Gasteiger partial charge is 0.202 e. The molecule has 1 aliphatic rings. The molecule has 1 aromatic heterocycles. The molecule has 0 amide bonds. The van der Waals surface area contributed by atoms with Gasteiger partial charge in [0.25, 0.3) is 0 Å². The molecule has 1 fully saturated rings. The molecule has 3 N–H and O–H groups in total. The minimum absolute atomic E-state index is 0.207. The Morgan fingerprint density at radius 3 is 2.71 bits per heavy atom. The van der Waals surface area contributed by atoms with E-state index in [0.29, 0.717) is 11.8 Å². The number of nitrogens with zero attached hydrogens (tertiary/aromatic N) is 2. The predicted molar refractivity (Wildman–Crippen MR) is 72.4 cm³/mol. The summed E-state index contributed by atoms with van der Waals surface area (Å²) in [5, 5.41) is 4.24. The molecule has 1 heterocycles. The lowest BCUT2D eigenvalue weighted by atomic mass is 9.95. The largest absolute Gasteiger partial charge is 0.359 e. The monoisotopic (exact) mass is 254 g/mol. The predicted octanol–water partition coefficient (Wildman–Crippen LogP) is 2.59. The van der Waals surface area contributed by atoms with Crippen LogP contribution in [0.25, 0.3) is 0 Å². The molecule has 1 atom stereocenters. The highest BCUT2D eigenvalue weighted by Crippen LogP contribution is 2.39. The van der Waals surface area contributed by atoms with Crippen LogP contribution in [0.3, 0.4) is 0 Å². The van der Waals surface area contributed by atoms with Crippen molar-refractivity contribution in [2.45, 2.75) is 51.5 Å². The van der Waals surface area contributed by atoms with Gasteiger partial charge in [0.2, 0.25) is 5.13 Å². The average Bonchev–Trinajstić information content (AvgIpc) is 3.08. The lowest BCUT2D eigenvalue weighted by Crippen LogP contribution is -2.36. The maximum absolute atomic E-state index is 6.16. The summed E-state index contributed by atoms with van der Waals surface area (Å²) in [6.07, 6.45) is 4.79. The second kappa shape index (κ2) is 5.78. The van der Waals surface area contributed by atoms with Crippen LogP contribution in [0.4, 0.5) is 5.13 Å². The number of aromatic nitrogens is 2.